The summed E-state index contributed by atoms with van der Waals surface area (Å²) in [6.07, 6.45) is 3.75. The van der Waals surface area contributed by atoms with Crippen LogP contribution in [-0.4, -0.2) is 9.97 Å². The third-order valence-electron chi connectivity index (χ3n) is 4.17. The van der Waals surface area contributed by atoms with E-state index in [4.69, 9.17) is 4.98 Å². The highest BCUT2D eigenvalue weighted by molar-refractivity contribution is 7.28. The van der Waals surface area contributed by atoms with Crippen molar-refractivity contribution in [1.29, 1.82) is 0 Å². The normalized spacial score (nSPS) is 10.6. The molecule has 0 radical (unpaired) electrons. The van der Waals surface area contributed by atoms with Crippen LogP contribution in [0.15, 0.2) is 91.3 Å². The number of nitrogens with zero attached hydrogens (tertiary/aromatic N) is 2. The maximum absolute atomic E-state index is 4.73. The van der Waals surface area contributed by atoms with Crippen molar-refractivity contribution in [1.82, 2.24) is 9.97 Å². The smallest absolute Gasteiger partial charge is 0.0964 e. The molecule has 0 aliphatic carbocycles. The second-order valence-corrected chi connectivity index (χ2v) is 6.33. The van der Waals surface area contributed by atoms with Gasteiger partial charge >= 0.3 is 0 Å². The Kier molecular flexibility index (Phi) is 4.37. The molecule has 0 bridgehead atoms. The van der Waals surface area contributed by atoms with Crippen LogP contribution in [0.3, 0.4) is 0 Å². The van der Waals surface area contributed by atoms with Crippen LogP contribution in [0.5, 0.6) is 0 Å². The summed E-state index contributed by atoms with van der Waals surface area (Å²) >= 11 is 0. The van der Waals surface area contributed by atoms with Crippen molar-refractivity contribution in [2.75, 3.05) is 0 Å². The summed E-state index contributed by atoms with van der Waals surface area (Å²) in [6, 6.07) is 26.7. The Morgan fingerprint density at radius 3 is 1.92 bits per heavy atom. The Labute approximate surface area is 149 Å². The molecule has 0 aliphatic rings. The zero-order valence-electron chi connectivity index (χ0n) is 13.6. The molecule has 4 rings (SSSR count). The number of rotatable bonds is 3. The lowest BCUT2D eigenvalue weighted by Crippen LogP contribution is -2.07. The summed E-state index contributed by atoms with van der Waals surface area (Å²) in [5.74, 6) is 0. The van der Waals surface area contributed by atoms with Crippen LogP contribution in [0.2, 0.25) is 0 Å². The van der Waals surface area contributed by atoms with Crippen molar-refractivity contribution in [3.8, 4) is 33.6 Å². The van der Waals surface area contributed by atoms with Gasteiger partial charge in [0.1, 0.15) is 0 Å². The molecule has 3 heteroatoms. The minimum atomic E-state index is 0.879. The van der Waals surface area contributed by atoms with E-state index >= 15 is 0 Å². The predicted molar refractivity (Wildman–Crippen MR) is 108 cm³/mol. The number of aromatic nitrogens is 2. The molecule has 0 amide bonds. The van der Waals surface area contributed by atoms with E-state index < -0.39 is 0 Å². The Balaban J connectivity index is 2.00. The first-order valence-electron chi connectivity index (χ1n) is 8.15. The van der Waals surface area contributed by atoms with Crippen LogP contribution >= 0.6 is 9.24 Å². The zero-order chi connectivity index (χ0) is 17.1. The summed E-state index contributed by atoms with van der Waals surface area (Å²) in [6.45, 7) is 0. The van der Waals surface area contributed by atoms with Crippen LogP contribution in [0.25, 0.3) is 33.6 Å². The Morgan fingerprint density at radius 1 is 0.640 bits per heavy atom. The lowest BCUT2D eigenvalue weighted by atomic mass is 9.95. The van der Waals surface area contributed by atoms with Gasteiger partial charge in [0.2, 0.25) is 0 Å². The van der Waals surface area contributed by atoms with E-state index in [0.29, 0.717) is 0 Å². The van der Waals surface area contributed by atoms with Gasteiger partial charge in [-0.15, -0.1) is 9.24 Å². The topological polar surface area (TPSA) is 25.8 Å². The highest BCUT2D eigenvalue weighted by atomic mass is 31.0. The van der Waals surface area contributed by atoms with Crippen LogP contribution in [0.4, 0.5) is 0 Å². The number of hydrogen-bond donors (Lipinski definition) is 0. The molecule has 1 unspecified atom stereocenters. The molecule has 0 aliphatic heterocycles. The number of benzene rings is 2. The monoisotopic (exact) mass is 340 g/mol. The lowest BCUT2D eigenvalue weighted by molar-refractivity contribution is 1.26. The van der Waals surface area contributed by atoms with Gasteiger partial charge in [-0.3, -0.25) is 9.97 Å². The zero-order valence-corrected chi connectivity index (χ0v) is 14.8. The van der Waals surface area contributed by atoms with Crippen molar-refractivity contribution in [2.45, 2.75) is 0 Å². The van der Waals surface area contributed by atoms with Crippen LogP contribution in [0, 0.1) is 0 Å². The molecule has 4 aromatic rings. The molecule has 0 spiro atoms. The summed E-state index contributed by atoms with van der Waals surface area (Å²) < 4.78 is 0. The fraction of sp³-hybridized carbons (Fsp3) is 0. The molecule has 0 N–H and O–H groups in total. The Bertz CT molecular complexity index is 984. The van der Waals surface area contributed by atoms with E-state index in [9.17, 15) is 0 Å². The van der Waals surface area contributed by atoms with Gasteiger partial charge in [0, 0.05) is 28.8 Å². The molecule has 2 nitrogen and oxygen atoms in total. The Morgan fingerprint density at radius 2 is 1.28 bits per heavy atom. The van der Waals surface area contributed by atoms with Crippen LogP contribution in [0.1, 0.15) is 0 Å². The molecular formula is C22H17N2P. The quantitative estimate of drug-likeness (QED) is 0.492. The number of hydrogen-bond acceptors (Lipinski definition) is 2. The fourth-order valence-corrected chi connectivity index (χ4v) is 3.53. The lowest BCUT2D eigenvalue weighted by Gasteiger charge is -2.16. The predicted octanol–water partition coefficient (Wildman–Crippen LogP) is 4.98. The summed E-state index contributed by atoms with van der Waals surface area (Å²) in [7, 11) is 2.87. The first-order valence-corrected chi connectivity index (χ1v) is 8.73. The molecular weight excluding hydrogens is 323 g/mol. The molecule has 2 aromatic carbocycles. The van der Waals surface area contributed by atoms with Gasteiger partial charge in [-0.25, -0.2) is 0 Å². The average Bonchev–Trinajstić information content (AvgIpc) is 2.70. The molecule has 1 atom stereocenters. The summed E-state index contributed by atoms with van der Waals surface area (Å²) in [5.41, 5.74) is 6.40. The van der Waals surface area contributed by atoms with E-state index in [-0.39, 0.29) is 0 Å². The average molecular weight is 340 g/mol. The maximum Gasteiger partial charge on any atom is 0.0964 e. The molecule has 25 heavy (non-hydrogen) atoms. The van der Waals surface area contributed by atoms with E-state index in [1.807, 2.05) is 36.5 Å². The molecule has 0 saturated carbocycles. The second kappa shape index (κ2) is 6.96. The van der Waals surface area contributed by atoms with Crippen LogP contribution < -0.4 is 5.30 Å². The van der Waals surface area contributed by atoms with Gasteiger partial charge in [0.05, 0.1) is 11.4 Å². The maximum atomic E-state index is 4.73. The van der Waals surface area contributed by atoms with E-state index in [1.165, 1.54) is 11.1 Å². The summed E-state index contributed by atoms with van der Waals surface area (Å²) in [4.78, 5) is 9.20. The van der Waals surface area contributed by atoms with Crippen molar-refractivity contribution in [3.05, 3.63) is 91.3 Å². The second-order valence-electron chi connectivity index (χ2n) is 5.76. The highest BCUT2D eigenvalue weighted by Gasteiger charge is 2.16. The van der Waals surface area contributed by atoms with Crippen molar-refractivity contribution in [3.63, 3.8) is 0 Å². The third kappa shape index (κ3) is 3.09. The van der Waals surface area contributed by atoms with E-state index in [2.05, 4.69) is 62.8 Å². The van der Waals surface area contributed by atoms with E-state index in [0.717, 1.165) is 27.8 Å². The van der Waals surface area contributed by atoms with Gasteiger partial charge < -0.3 is 0 Å². The highest BCUT2D eigenvalue weighted by Crippen LogP contribution is 2.33. The van der Waals surface area contributed by atoms with Gasteiger partial charge in [-0.2, -0.15) is 0 Å². The molecule has 0 fully saturated rings. The molecule has 2 heterocycles. The number of pyridine rings is 2. The SMILES string of the molecule is Pc1c(-c2ccccn2)ncc(-c2ccccc2)c1-c1ccccc1. The Hall–Kier alpha value is -2.83. The van der Waals surface area contributed by atoms with E-state index in [1.54, 1.807) is 6.20 Å². The minimum absolute atomic E-state index is 0.879. The van der Waals surface area contributed by atoms with Gasteiger partial charge in [-0.1, -0.05) is 66.7 Å². The van der Waals surface area contributed by atoms with Crippen molar-refractivity contribution in [2.24, 2.45) is 0 Å². The van der Waals surface area contributed by atoms with Crippen molar-refractivity contribution < 1.29 is 0 Å². The van der Waals surface area contributed by atoms with Gasteiger partial charge in [-0.05, 0) is 23.3 Å². The minimum Gasteiger partial charge on any atom is -0.255 e. The van der Waals surface area contributed by atoms with Crippen LogP contribution in [-0.2, 0) is 0 Å². The fourth-order valence-electron chi connectivity index (χ4n) is 2.99. The van der Waals surface area contributed by atoms with Crippen molar-refractivity contribution >= 4 is 14.5 Å². The third-order valence-corrected chi connectivity index (χ3v) is 4.73. The van der Waals surface area contributed by atoms with Gasteiger partial charge in [0.15, 0.2) is 0 Å². The standard InChI is InChI=1S/C22H17N2P/c25-22-20(17-11-5-2-6-12-17)18(16-9-3-1-4-10-16)15-24-21(22)19-13-7-8-14-23-19/h1-15H,25H2. The molecule has 0 saturated heterocycles. The molecule has 2 aromatic heterocycles. The first-order chi connectivity index (χ1) is 12.3. The molecule has 120 valence electrons. The van der Waals surface area contributed by atoms with Gasteiger partial charge in [0.25, 0.3) is 0 Å². The summed E-state index contributed by atoms with van der Waals surface area (Å²) in [5, 5.41) is 1.06. The first kappa shape index (κ1) is 15.7. The largest absolute Gasteiger partial charge is 0.255 e.